The highest BCUT2D eigenvalue weighted by Crippen LogP contribution is 2.34. The smallest absolute Gasteiger partial charge is 0.287 e. The first-order valence-corrected chi connectivity index (χ1v) is 11.7. The minimum atomic E-state index is -1.07. The minimum absolute atomic E-state index is 0.108. The van der Waals surface area contributed by atoms with Crippen LogP contribution < -0.4 is 16.4 Å². The molecule has 32 heavy (non-hydrogen) atoms. The number of nitrogens with zero attached hydrogens (tertiary/aromatic N) is 1. The van der Waals surface area contributed by atoms with E-state index in [-0.39, 0.29) is 29.6 Å². The zero-order valence-electron chi connectivity index (χ0n) is 19.8. The van der Waals surface area contributed by atoms with Gasteiger partial charge in [-0.05, 0) is 30.6 Å². The van der Waals surface area contributed by atoms with Gasteiger partial charge in [0, 0.05) is 12.5 Å². The summed E-state index contributed by atoms with van der Waals surface area (Å²) in [5.41, 5.74) is 5.18. The van der Waals surface area contributed by atoms with E-state index in [9.17, 15) is 24.0 Å². The lowest BCUT2D eigenvalue weighted by molar-refractivity contribution is -0.144. The van der Waals surface area contributed by atoms with Crippen molar-refractivity contribution in [2.75, 3.05) is 6.54 Å². The van der Waals surface area contributed by atoms with Gasteiger partial charge in [-0.1, -0.05) is 53.9 Å². The fraction of sp³-hybridized carbons (Fsp3) is 0.783. The second-order valence-electron chi connectivity index (χ2n) is 9.74. The van der Waals surface area contributed by atoms with E-state index < -0.39 is 35.7 Å². The summed E-state index contributed by atoms with van der Waals surface area (Å²) in [7, 11) is 0. The van der Waals surface area contributed by atoms with Crippen LogP contribution in [-0.2, 0) is 24.0 Å². The number of carbonyl (C=O) groups is 5. The third-order valence-electron chi connectivity index (χ3n) is 6.69. The van der Waals surface area contributed by atoms with Gasteiger partial charge >= 0.3 is 0 Å². The fourth-order valence-electron chi connectivity index (χ4n) is 4.12. The number of Topliss-reactive ketones (excluding diaryl/α,β-unsaturated/α-hetero) is 1. The van der Waals surface area contributed by atoms with Crippen LogP contribution in [0.5, 0.6) is 0 Å². The lowest BCUT2D eigenvalue weighted by atomic mass is 9.95. The van der Waals surface area contributed by atoms with Crippen molar-refractivity contribution < 1.29 is 24.0 Å². The van der Waals surface area contributed by atoms with Crippen molar-refractivity contribution >= 4 is 29.4 Å². The lowest BCUT2D eigenvalue weighted by Gasteiger charge is -2.33. The molecule has 5 atom stereocenters. The predicted octanol–water partition coefficient (Wildman–Crippen LogP) is 0.750. The Kier molecular flexibility index (Phi) is 8.81. The Balaban J connectivity index is 2.20. The van der Waals surface area contributed by atoms with Crippen molar-refractivity contribution in [1.29, 1.82) is 0 Å². The Morgan fingerprint density at radius 2 is 1.66 bits per heavy atom. The molecule has 2 aliphatic rings. The maximum atomic E-state index is 13.5. The van der Waals surface area contributed by atoms with E-state index in [2.05, 4.69) is 10.6 Å². The number of hydrogen-bond donors (Lipinski definition) is 3. The van der Waals surface area contributed by atoms with Gasteiger partial charge in [-0.25, -0.2) is 0 Å². The molecular formula is C23H38N4O5. The van der Waals surface area contributed by atoms with Gasteiger partial charge in [-0.3, -0.25) is 24.0 Å². The van der Waals surface area contributed by atoms with Crippen molar-refractivity contribution in [3.8, 4) is 0 Å². The highest BCUT2D eigenvalue weighted by atomic mass is 16.2. The summed E-state index contributed by atoms with van der Waals surface area (Å²) in [6.07, 6.45) is 3.60. The standard InChI is InChI=1S/C23H38N4O5/c1-6-13(4)17(26-21(30)12(2)3)23(32)27-10-9-14(5)18(27)22(31)25-16(11-15-7-8-15)19(28)20(24)29/h12-18H,6-11H2,1-5H3,(H2,24,29)(H,25,31)(H,26,30)/t13?,14-,16?,17-,18-/m0/s1. The number of ketones is 1. The number of likely N-dealkylation sites (tertiary alicyclic amines) is 1. The Morgan fingerprint density at radius 1 is 1.03 bits per heavy atom. The van der Waals surface area contributed by atoms with Crippen LogP contribution in [0.1, 0.15) is 66.7 Å². The van der Waals surface area contributed by atoms with Crippen LogP contribution in [0.2, 0.25) is 0 Å². The summed E-state index contributed by atoms with van der Waals surface area (Å²) >= 11 is 0. The number of amides is 4. The first kappa shape index (κ1) is 25.8. The third-order valence-corrected chi connectivity index (χ3v) is 6.69. The minimum Gasteiger partial charge on any atom is -0.363 e. The number of carbonyl (C=O) groups excluding carboxylic acids is 5. The molecule has 0 aromatic carbocycles. The molecular weight excluding hydrogens is 412 g/mol. The van der Waals surface area contributed by atoms with Gasteiger partial charge in [0.25, 0.3) is 5.91 Å². The fourth-order valence-corrected chi connectivity index (χ4v) is 4.12. The maximum Gasteiger partial charge on any atom is 0.287 e. The summed E-state index contributed by atoms with van der Waals surface area (Å²) in [5, 5.41) is 5.55. The molecule has 0 bridgehead atoms. The number of hydrogen-bond acceptors (Lipinski definition) is 5. The molecule has 1 saturated heterocycles. The summed E-state index contributed by atoms with van der Waals surface area (Å²) in [4.78, 5) is 64.2. The first-order chi connectivity index (χ1) is 15.0. The third kappa shape index (κ3) is 6.29. The molecule has 1 aliphatic carbocycles. The van der Waals surface area contributed by atoms with Gasteiger partial charge in [-0.2, -0.15) is 0 Å². The summed E-state index contributed by atoms with van der Waals surface area (Å²) in [6.45, 7) is 9.64. The molecule has 180 valence electrons. The van der Waals surface area contributed by atoms with Gasteiger partial charge in [-0.15, -0.1) is 0 Å². The molecule has 4 amide bonds. The van der Waals surface area contributed by atoms with Crippen LogP contribution in [0.3, 0.4) is 0 Å². The van der Waals surface area contributed by atoms with Crippen molar-refractivity contribution in [1.82, 2.24) is 15.5 Å². The van der Waals surface area contributed by atoms with Crippen molar-refractivity contribution in [2.45, 2.75) is 84.8 Å². The van der Waals surface area contributed by atoms with Crippen LogP contribution in [0.4, 0.5) is 0 Å². The second-order valence-corrected chi connectivity index (χ2v) is 9.74. The molecule has 2 rings (SSSR count). The number of nitrogens with one attached hydrogen (secondary N) is 2. The van der Waals surface area contributed by atoms with Crippen molar-refractivity contribution in [2.24, 2.45) is 29.4 Å². The molecule has 2 fully saturated rings. The Bertz CT molecular complexity index is 749. The molecule has 1 aliphatic heterocycles. The Labute approximate surface area is 190 Å². The topological polar surface area (TPSA) is 139 Å². The zero-order chi connectivity index (χ0) is 24.2. The summed E-state index contributed by atoms with van der Waals surface area (Å²) < 4.78 is 0. The molecule has 9 heteroatoms. The molecule has 4 N–H and O–H groups in total. The quantitative estimate of drug-likeness (QED) is 0.399. The van der Waals surface area contributed by atoms with Gasteiger partial charge in [0.15, 0.2) is 0 Å². The average Bonchev–Trinajstić information content (AvgIpc) is 3.47. The SMILES string of the molecule is CCC(C)[C@H](NC(=O)C(C)C)C(=O)N1CC[C@H](C)[C@H]1C(=O)NC(CC1CC1)C(=O)C(N)=O. The molecule has 1 heterocycles. The van der Waals surface area contributed by atoms with E-state index in [1.165, 1.54) is 4.90 Å². The van der Waals surface area contributed by atoms with Gasteiger partial charge in [0.05, 0.1) is 6.04 Å². The van der Waals surface area contributed by atoms with E-state index in [1.807, 2.05) is 20.8 Å². The van der Waals surface area contributed by atoms with Crippen molar-refractivity contribution in [3.63, 3.8) is 0 Å². The van der Waals surface area contributed by atoms with E-state index in [4.69, 9.17) is 5.73 Å². The molecule has 1 saturated carbocycles. The van der Waals surface area contributed by atoms with E-state index in [1.54, 1.807) is 13.8 Å². The van der Waals surface area contributed by atoms with Gasteiger partial charge in [0.1, 0.15) is 12.1 Å². The Hall–Kier alpha value is -2.45. The highest BCUT2D eigenvalue weighted by Gasteiger charge is 2.44. The number of rotatable bonds is 11. The van der Waals surface area contributed by atoms with E-state index >= 15 is 0 Å². The van der Waals surface area contributed by atoms with Crippen LogP contribution in [0.25, 0.3) is 0 Å². The number of primary amides is 1. The predicted molar refractivity (Wildman–Crippen MR) is 119 cm³/mol. The maximum absolute atomic E-state index is 13.5. The molecule has 9 nitrogen and oxygen atoms in total. The molecule has 0 aromatic rings. The molecule has 0 spiro atoms. The normalized spacial score (nSPS) is 23.4. The zero-order valence-corrected chi connectivity index (χ0v) is 19.8. The molecule has 2 unspecified atom stereocenters. The Morgan fingerprint density at radius 3 is 2.16 bits per heavy atom. The van der Waals surface area contributed by atoms with E-state index in [0.29, 0.717) is 31.7 Å². The van der Waals surface area contributed by atoms with E-state index in [0.717, 1.165) is 12.8 Å². The van der Waals surface area contributed by atoms with Crippen LogP contribution >= 0.6 is 0 Å². The first-order valence-electron chi connectivity index (χ1n) is 11.7. The van der Waals surface area contributed by atoms with Gasteiger partial charge < -0.3 is 21.3 Å². The summed E-state index contributed by atoms with van der Waals surface area (Å²) in [6, 6.07) is -2.47. The number of nitrogens with two attached hydrogens (primary N) is 1. The monoisotopic (exact) mass is 450 g/mol. The summed E-state index contributed by atoms with van der Waals surface area (Å²) in [5.74, 6) is -3.05. The van der Waals surface area contributed by atoms with Crippen molar-refractivity contribution in [3.05, 3.63) is 0 Å². The average molecular weight is 451 g/mol. The van der Waals surface area contributed by atoms with Crippen LogP contribution in [-0.4, -0.2) is 59.0 Å². The van der Waals surface area contributed by atoms with Crippen LogP contribution in [0, 0.1) is 23.7 Å². The molecule has 0 radical (unpaired) electrons. The molecule has 0 aromatic heterocycles. The lowest BCUT2D eigenvalue weighted by Crippen LogP contribution is -2.58. The van der Waals surface area contributed by atoms with Gasteiger partial charge in [0.2, 0.25) is 23.5 Å². The second kappa shape index (κ2) is 10.9. The van der Waals surface area contributed by atoms with Crippen LogP contribution in [0.15, 0.2) is 0 Å². The largest absolute Gasteiger partial charge is 0.363 e. The highest BCUT2D eigenvalue weighted by molar-refractivity contribution is 6.37.